The van der Waals surface area contributed by atoms with Gasteiger partial charge in [-0.3, -0.25) is 9.88 Å². The van der Waals surface area contributed by atoms with Gasteiger partial charge in [-0.25, -0.2) is 9.59 Å². The van der Waals surface area contributed by atoms with Gasteiger partial charge < -0.3 is 9.84 Å². The highest BCUT2D eigenvalue weighted by molar-refractivity contribution is 9.10. The molecule has 1 amide bonds. The number of halogens is 1. The van der Waals surface area contributed by atoms with E-state index in [-0.39, 0.29) is 6.04 Å². The second-order valence-electron chi connectivity index (χ2n) is 6.16. The number of amides is 1. The molecule has 1 unspecified atom stereocenters. The van der Waals surface area contributed by atoms with Crippen molar-refractivity contribution in [1.29, 1.82) is 0 Å². The minimum Gasteiger partial charge on any atom is -0.479 e. The molecule has 1 heterocycles. The lowest BCUT2D eigenvalue weighted by molar-refractivity contribution is -0.144. The van der Waals surface area contributed by atoms with E-state index in [1.807, 2.05) is 0 Å². The number of carbonyl (C=O) groups excluding carboxylic acids is 1. The first-order chi connectivity index (χ1) is 10.0. The van der Waals surface area contributed by atoms with E-state index >= 15 is 0 Å². The van der Waals surface area contributed by atoms with E-state index in [1.54, 1.807) is 46.9 Å². The molecular formula is C15H21BrN2O4. The molecule has 0 saturated heterocycles. The van der Waals surface area contributed by atoms with Gasteiger partial charge in [0.15, 0.2) is 6.04 Å². The van der Waals surface area contributed by atoms with Crippen LogP contribution in [0, 0.1) is 0 Å². The quantitative estimate of drug-likeness (QED) is 0.872. The van der Waals surface area contributed by atoms with Gasteiger partial charge in [-0.2, -0.15) is 0 Å². The van der Waals surface area contributed by atoms with Crippen LogP contribution < -0.4 is 0 Å². The predicted octanol–water partition coefficient (Wildman–Crippen LogP) is 3.62. The first kappa shape index (κ1) is 18.4. The summed E-state index contributed by atoms with van der Waals surface area (Å²) in [5.41, 5.74) is -0.301. The predicted molar refractivity (Wildman–Crippen MR) is 85.5 cm³/mol. The lowest BCUT2D eigenvalue weighted by atomic mass is 10.1. The van der Waals surface area contributed by atoms with Crippen LogP contribution in [-0.4, -0.2) is 38.7 Å². The Balaban J connectivity index is 3.24. The molecule has 0 spiro atoms. The van der Waals surface area contributed by atoms with E-state index in [2.05, 4.69) is 20.9 Å². The van der Waals surface area contributed by atoms with Gasteiger partial charge in [-0.15, -0.1) is 0 Å². The van der Waals surface area contributed by atoms with Crippen LogP contribution in [-0.2, 0) is 9.53 Å². The van der Waals surface area contributed by atoms with Crippen LogP contribution >= 0.6 is 15.9 Å². The molecule has 1 aromatic rings. The van der Waals surface area contributed by atoms with Crippen LogP contribution in [0.5, 0.6) is 0 Å². The fraction of sp³-hybridized carbons (Fsp3) is 0.533. The van der Waals surface area contributed by atoms with Crippen molar-refractivity contribution in [2.75, 3.05) is 0 Å². The lowest BCUT2D eigenvalue weighted by Gasteiger charge is -2.34. The van der Waals surface area contributed by atoms with E-state index in [0.717, 1.165) is 0 Å². The number of nitrogens with zero attached hydrogens (tertiary/aromatic N) is 2. The molecule has 1 N–H and O–H groups in total. The van der Waals surface area contributed by atoms with E-state index in [1.165, 1.54) is 11.1 Å². The van der Waals surface area contributed by atoms with Crippen LogP contribution in [0.3, 0.4) is 0 Å². The van der Waals surface area contributed by atoms with Crippen LogP contribution in [0.25, 0.3) is 0 Å². The van der Waals surface area contributed by atoms with Gasteiger partial charge >= 0.3 is 12.1 Å². The molecule has 1 atom stereocenters. The fourth-order valence-electron chi connectivity index (χ4n) is 1.93. The minimum absolute atomic E-state index is 0.352. The van der Waals surface area contributed by atoms with Crippen molar-refractivity contribution in [3.63, 3.8) is 0 Å². The maximum atomic E-state index is 12.4. The van der Waals surface area contributed by atoms with Gasteiger partial charge in [-0.05, 0) is 56.6 Å². The van der Waals surface area contributed by atoms with Crippen molar-refractivity contribution in [1.82, 2.24) is 9.88 Å². The molecule has 22 heavy (non-hydrogen) atoms. The smallest absolute Gasteiger partial charge is 0.411 e. The van der Waals surface area contributed by atoms with Crippen LogP contribution in [0.2, 0.25) is 0 Å². The Hall–Kier alpha value is -1.63. The molecule has 0 aliphatic heterocycles. The van der Waals surface area contributed by atoms with Crippen molar-refractivity contribution < 1.29 is 19.4 Å². The number of carbonyl (C=O) groups is 2. The molecule has 0 saturated carbocycles. The second-order valence-corrected chi connectivity index (χ2v) is 7.07. The van der Waals surface area contributed by atoms with Crippen LogP contribution in [0.1, 0.15) is 46.2 Å². The average Bonchev–Trinajstić information content (AvgIpc) is 2.32. The third-order valence-electron chi connectivity index (χ3n) is 2.71. The average molecular weight is 373 g/mol. The summed E-state index contributed by atoms with van der Waals surface area (Å²) in [7, 11) is 0. The molecule has 0 radical (unpaired) electrons. The van der Waals surface area contributed by atoms with Crippen molar-refractivity contribution in [2.24, 2.45) is 0 Å². The highest BCUT2D eigenvalue weighted by Gasteiger charge is 2.36. The third-order valence-corrected chi connectivity index (χ3v) is 3.15. The third kappa shape index (κ3) is 4.98. The van der Waals surface area contributed by atoms with E-state index in [9.17, 15) is 14.7 Å². The van der Waals surface area contributed by atoms with Crippen LogP contribution in [0.15, 0.2) is 22.9 Å². The highest BCUT2D eigenvalue weighted by atomic mass is 79.9. The Morgan fingerprint density at radius 3 is 2.32 bits per heavy atom. The van der Waals surface area contributed by atoms with Crippen LogP contribution in [0.4, 0.5) is 4.79 Å². The summed E-state index contributed by atoms with van der Waals surface area (Å²) in [5, 5.41) is 9.59. The largest absolute Gasteiger partial charge is 0.479 e. The van der Waals surface area contributed by atoms with Crippen molar-refractivity contribution >= 4 is 28.0 Å². The zero-order valence-electron chi connectivity index (χ0n) is 13.3. The summed E-state index contributed by atoms with van der Waals surface area (Å²) < 4.78 is 5.98. The summed E-state index contributed by atoms with van der Waals surface area (Å²) in [4.78, 5) is 29.3. The highest BCUT2D eigenvalue weighted by Crippen LogP contribution is 2.27. The summed E-state index contributed by atoms with van der Waals surface area (Å²) >= 11 is 3.26. The molecule has 1 aromatic heterocycles. The molecule has 0 aliphatic rings. The molecule has 0 aromatic carbocycles. The number of ether oxygens (including phenoxy) is 1. The summed E-state index contributed by atoms with van der Waals surface area (Å²) in [6, 6.07) is 0.112. The lowest BCUT2D eigenvalue weighted by Crippen LogP contribution is -2.45. The standard InChI is InChI=1S/C15H21BrN2O4/c1-9(2)18(14(21)22-15(3,4)5)12(13(19)20)10-6-11(16)8-17-7-10/h6-9,12H,1-5H3,(H,19,20). The number of aliphatic carboxylic acids is 1. The fourth-order valence-corrected chi connectivity index (χ4v) is 2.31. The zero-order chi connectivity index (χ0) is 17.1. The first-order valence-electron chi connectivity index (χ1n) is 6.87. The van der Waals surface area contributed by atoms with E-state index in [0.29, 0.717) is 10.0 Å². The Morgan fingerprint density at radius 1 is 1.32 bits per heavy atom. The molecule has 0 fully saturated rings. The van der Waals surface area contributed by atoms with Gasteiger partial charge in [0.1, 0.15) is 5.60 Å². The number of rotatable bonds is 4. The first-order valence-corrected chi connectivity index (χ1v) is 7.67. The van der Waals surface area contributed by atoms with Gasteiger partial charge in [-0.1, -0.05) is 0 Å². The van der Waals surface area contributed by atoms with E-state index in [4.69, 9.17) is 4.74 Å². The second kappa shape index (κ2) is 7.09. The normalized spacial score (nSPS) is 12.9. The molecule has 6 nitrogen and oxygen atoms in total. The van der Waals surface area contributed by atoms with Crippen molar-refractivity contribution in [3.8, 4) is 0 Å². The number of pyridine rings is 1. The maximum absolute atomic E-state index is 12.4. The van der Waals surface area contributed by atoms with Gasteiger partial charge in [0.2, 0.25) is 0 Å². The molecule has 0 aliphatic carbocycles. The topological polar surface area (TPSA) is 79.7 Å². The number of hydrogen-bond donors (Lipinski definition) is 1. The summed E-state index contributed by atoms with van der Waals surface area (Å²) in [6.07, 6.45) is 2.31. The number of carboxylic acid groups (broad SMARTS) is 1. The number of hydrogen-bond acceptors (Lipinski definition) is 4. The number of aromatic nitrogens is 1. The van der Waals surface area contributed by atoms with Crippen molar-refractivity contribution in [2.45, 2.75) is 52.3 Å². The van der Waals surface area contributed by atoms with Crippen molar-refractivity contribution in [3.05, 3.63) is 28.5 Å². The molecule has 0 bridgehead atoms. The molecule has 7 heteroatoms. The maximum Gasteiger partial charge on any atom is 0.411 e. The Morgan fingerprint density at radius 2 is 1.91 bits per heavy atom. The zero-order valence-corrected chi connectivity index (χ0v) is 14.9. The summed E-state index contributed by atoms with van der Waals surface area (Å²) in [6.45, 7) is 8.69. The Kier molecular flexibility index (Phi) is 5.93. The Labute approximate surface area is 138 Å². The minimum atomic E-state index is -1.17. The Bertz CT molecular complexity index is 555. The van der Waals surface area contributed by atoms with Gasteiger partial charge in [0.25, 0.3) is 0 Å². The monoisotopic (exact) mass is 372 g/mol. The van der Waals surface area contributed by atoms with Gasteiger partial charge in [0, 0.05) is 28.5 Å². The number of carboxylic acids is 1. The van der Waals surface area contributed by atoms with E-state index < -0.39 is 23.7 Å². The molecular weight excluding hydrogens is 352 g/mol. The van der Waals surface area contributed by atoms with Gasteiger partial charge in [0.05, 0.1) is 0 Å². The molecule has 1 rings (SSSR count). The molecule has 122 valence electrons. The SMILES string of the molecule is CC(C)N(C(=O)OC(C)(C)C)C(C(=O)O)c1cncc(Br)c1. The summed E-state index contributed by atoms with van der Waals surface area (Å²) in [5.74, 6) is -1.14.